The molecule has 21 heavy (non-hydrogen) atoms. The van der Waals surface area contributed by atoms with Gasteiger partial charge in [0.05, 0.1) is 13.7 Å². The summed E-state index contributed by atoms with van der Waals surface area (Å²) in [5.74, 6) is -1.33. The Labute approximate surface area is 124 Å². The molecule has 0 radical (unpaired) electrons. The number of alkyl carbamates (subject to hydrolysis) is 1. The molecule has 0 unspecified atom stereocenters. The molecule has 0 aromatic carbocycles. The van der Waals surface area contributed by atoms with E-state index < -0.39 is 29.7 Å². The second-order valence-electron chi connectivity index (χ2n) is 5.25. The zero-order valence-corrected chi connectivity index (χ0v) is 13.1. The number of carbonyl (C=O) groups excluding carboxylic acids is 3. The van der Waals surface area contributed by atoms with Crippen molar-refractivity contribution in [1.29, 1.82) is 0 Å². The highest BCUT2D eigenvalue weighted by Crippen LogP contribution is 2.10. The van der Waals surface area contributed by atoms with Gasteiger partial charge in [-0.05, 0) is 27.7 Å². The van der Waals surface area contributed by atoms with Crippen LogP contribution in [0.4, 0.5) is 4.79 Å². The van der Waals surface area contributed by atoms with Crippen LogP contribution in [0.15, 0.2) is 12.2 Å². The molecule has 1 amide bonds. The number of nitrogens with one attached hydrogen (secondary N) is 1. The van der Waals surface area contributed by atoms with E-state index in [1.165, 1.54) is 7.11 Å². The van der Waals surface area contributed by atoms with Crippen molar-refractivity contribution in [3.8, 4) is 0 Å². The first-order chi connectivity index (χ1) is 9.60. The number of ether oxygens (including phenoxy) is 3. The molecule has 0 fully saturated rings. The Morgan fingerprint density at radius 3 is 2.24 bits per heavy atom. The highest BCUT2D eigenvalue weighted by Gasteiger charge is 2.27. The number of methoxy groups -OCH3 is 1. The molecule has 0 aliphatic heterocycles. The van der Waals surface area contributed by atoms with Gasteiger partial charge >= 0.3 is 18.0 Å². The maximum atomic E-state index is 11.8. The van der Waals surface area contributed by atoms with Crippen LogP contribution in [0.2, 0.25) is 0 Å². The average molecular weight is 301 g/mol. The largest absolute Gasteiger partial charge is 0.466 e. The average Bonchev–Trinajstić information content (AvgIpc) is 2.34. The van der Waals surface area contributed by atoms with Crippen molar-refractivity contribution in [2.45, 2.75) is 45.8 Å². The van der Waals surface area contributed by atoms with E-state index in [0.717, 1.165) is 0 Å². The highest BCUT2D eigenvalue weighted by molar-refractivity contribution is 5.90. The summed E-state index contributed by atoms with van der Waals surface area (Å²) in [6, 6.07) is -1.06. The van der Waals surface area contributed by atoms with Gasteiger partial charge in [0.15, 0.2) is 0 Å². The van der Waals surface area contributed by atoms with Crippen molar-refractivity contribution in [3.63, 3.8) is 0 Å². The third kappa shape index (κ3) is 7.96. The molecule has 0 aliphatic carbocycles. The summed E-state index contributed by atoms with van der Waals surface area (Å²) in [4.78, 5) is 34.8. The van der Waals surface area contributed by atoms with Gasteiger partial charge in [0.2, 0.25) is 0 Å². The Morgan fingerprint density at radius 2 is 1.81 bits per heavy atom. The van der Waals surface area contributed by atoms with Gasteiger partial charge in [-0.25, -0.2) is 14.4 Å². The lowest BCUT2D eigenvalue weighted by Gasteiger charge is -2.23. The number of amides is 1. The van der Waals surface area contributed by atoms with Crippen molar-refractivity contribution in [1.82, 2.24) is 5.32 Å². The number of rotatable bonds is 6. The van der Waals surface area contributed by atoms with Gasteiger partial charge in [0.25, 0.3) is 0 Å². The van der Waals surface area contributed by atoms with Crippen LogP contribution < -0.4 is 5.32 Å². The lowest BCUT2D eigenvalue weighted by atomic mass is 10.1. The van der Waals surface area contributed by atoms with E-state index >= 15 is 0 Å². The van der Waals surface area contributed by atoms with E-state index in [1.807, 2.05) is 0 Å². The first-order valence-electron chi connectivity index (χ1n) is 6.53. The molecule has 7 heteroatoms. The molecule has 0 saturated carbocycles. The number of carbonyl (C=O) groups is 3. The number of hydrogen-bond donors (Lipinski definition) is 1. The number of esters is 2. The van der Waals surface area contributed by atoms with E-state index in [-0.39, 0.29) is 18.6 Å². The zero-order chi connectivity index (χ0) is 16.6. The molecular weight excluding hydrogens is 278 g/mol. The zero-order valence-electron chi connectivity index (χ0n) is 13.1. The van der Waals surface area contributed by atoms with Crippen LogP contribution in [0.1, 0.15) is 34.1 Å². The maximum absolute atomic E-state index is 11.8. The Morgan fingerprint density at radius 1 is 1.24 bits per heavy atom. The predicted molar refractivity (Wildman–Crippen MR) is 75.6 cm³/mol. The summed E-state index contributed by atoms with van der Waals surface area (Å²) < 4.78 is 14.4. The van der Waals surface area contributed by atoms with E-state index in [0.29, 0.717) is 0 Å². The summed E-state index contributed by atoms with van der Waals surface area (Å²) in [5.41, 5.74) is -0.658. The lowest BCUT2D eigenvalue weighted by molar-refractivity contribution is -0.145. The Bertz CT molecular complexity index is 410. The molecule has 0 bridgehead atoms. The van der Waals surface area contributed by atoms with Gasteiger partial charge in [-0.1, -0.05) is 6.58 Å². The minimum Gasteiger partial charge on any atom is -0.466 e. The molecule has 0 aromatic heterocycles. The smallest absolute Gasteiger partial charge is 0.408 e. The summed E-state index contributed by atoms with van der Waals surface area (Å²) in [6.07, 6.45) is -0.900. The van der Waals surface area contributed by atoms with Crippen LogP contribution in [-0.4, -0.2) is 43.4 Å². The number of hydrogen-bond acceptors (Lipinski definition) is 6. The van der Waals surface area contributed by atoms with Gasteiger partial charge in [0, 0.05) is 12.0 Å². The van der Waals surface area contributed by atoms with E-state index in [9.17, 15) is 14.4 Å². The second kappa shape index (κ2) is 8.28. The maximum Gasteiger partial charge on any atom is 0.408 e. The van der Waals surface area contributed by atoms with Gasteiger partial charge in [-0.2, -0.15) is 0 Å². The SMILES string of the molecule is C=C(C[C@H](NC(=O)OC(C)(C)C)C(=O)OCC)C(=O)OC. The molecule has 0 aliphatic rings. The van der Waals surface area contributed by atoms with Crippen LogP contribution in [0.3, 0.4) is 0 Å². The molecule has 1 atom stereocenters. The molecule has 0 spiro atoms. The van der Waals surface area contributed by atoms with Gasteiger partial charge < -0.3 is 19.5 Å². The third-order valence-corrected chi connectivity index (χ3v) is 2.19. The van der Waals surface area contributed by atoms with Gasteiger partial charge in [-0.3, -0.25) is 0 Å². The minimum absolute atomic E-state index is 0.0478. The van der Waals surface area contributed by atoms with Crippen molar-refractivity contribution < 1.29 is 28.6 Å². The second-order valence-corrected chi connectivity index (χ2v) is 5.25. The van der Waals surface area contributed by atoms with E-state index in [1.54, 1.807) is 27.7 Å². The topological polar surface area (TPSA) is 90.9 Å². The Balaban J connectivity index is 4.83. The molecule has 0 aromatic rings. The van der Waals surface area contributed by atoms with E-state index in [4.69, 9.17) is 9.47 Å². The first kappa shape index (κ1) is 18.9. The minimum atomic E-state index is -1.06. The summed E-state index contributed by atoms with van der Waals surface area (Å²) in [7, 11) is 1.20. The molecule has 1 N–H and O–H groups in total. The lowest BCUT2D eigenvalue weighted by Crippen LogP contribution is -2.44. The van der Waals surface area contributed by atoms with Crippen molar-refractivity contribution in [2.24, 2.45) is 0 Å². The Hall–Kier alpha value is -2.05. The van der Waals surface area contributed by atoms with Crippen molar-refractivity contribution in [2.75, 3.05) is 13.7 Å². The molecule has 7 nitrogen and oxygen atoms in total. The summed E-state index contributed by atoms with van der Waals surface area (Å²) in [6.45, 7) is 10.4. The Kier molecular flexibility index (Phi) is 7.48. The van der Waals surface area contributed by atoms with Crippen LogP contribution in [-0.2, 0) is 23.8 Å². The third-order valence-electron chi connectivity index (χ3n) is 2.19. The molecule has 0 heterocycles. The van der Waals surface area contributed by atoms with Crippen LogP contribution in [0.25, 0.3) is 0 Å². The van der Waals surface area contributed by atoms with Crippen LogP contribution in [0, 0.1) is 0 Å². The van der Waals surface area contributed by atoms with Crippen LogP contribution in [0.5, 0.6) is 0 Å². The molecule has 0 saturated heterocycles. The van der Waals surface area contributed by atoms with Gasteiger partial charge in [0.1, 0.15) is 11.6 Å². The molecular formula is C14H23NO6. The van der Waals surface area contributed by atoms with E-state index in [2.05, 4.69) is 16.6 Å². The molecule has 120 valence electrons. The van der Waals surface area contributed by atoms with Crippen molar-refractivity contribution in [3.05, 3.63) is 12.2 Å². The highest BCUT2D eigenvalue weighted by atomic mass is 16.6. The predicted octanol–water partition coefficient (Wildman–Crippen LogP) is 1.56. The fraction of sp³-hybridized carbons (Fsp3) is 0.643. The summed E-state index contributed by atoms with van der Waals surface area (Å²) >= 11 is 0. The summed E-state index contributed by atoms with van der Waals surface area (Å²) in [5, 5.41) is 2.36. The van der Waals surface area contributed by atoms with Gasteiger partial charge in [-0.15, -0.1) is 0 Å². The fourth-order valence-corrected chi connectivity index (χ4v) is 1.36. The van der Waals surface area contributed by atoms with Crippen LogP contribution >= 0.6 is 0 Å². The quantitative estimate of drug-likeness (QED) is 0.455. The molecule has 0 rings (SSSR count). The first-order valence-corrected chi connectivity index (χ1v) is 6.53. The fourth-order valence-electron chi connectivity index (χ4n) is 1.36. The standard InChI is InChI=1S/C14H23NO6/c1-7-20-12(17)10(8-9(2)11(16)19-6)15-13(18)21-14(3,4)5/h10H,2,7-8H2,1,3-6H3,(H,15,18)/t10-/m0/s1. The monoisotopic (exact) mass is 301 g/mol. The normalized spacial score (nSPS) is 12.0. The van der Waals surface area contributed by atoms with Crippen molar-refractivity contribution >= 4 is 18.0 Å².